The fourth-order valence-corrected chi connectivity index (χ4v) is 5.39. The summed E-state index contributed by atoms with van der Waals surface area (Å²) in [5.74, 6) is 1.33. The molecule has 4 rings (SSSR count). The number of fused-ring (bicyclic) bond motifs is 1. The summed E-state index contributed by atoms with van der Waals surface area (Å²) in [5, 5.41) is 4.50. The summed E-state index contributed by atoms with van der Waals surface area (Å²) >= 11 is 13.4. The number of anilines is 1. The maximum absolute atomic E-state index is 14.0. The van der Waals surface area contributed by atoms with E-state index in [2.05, 4.69) is 21.8 Å². The second kappa shape index (κ2) is 13.0. The van der Waals surface area contributed by atoms with Crippen LogP contribution in [0, 0.1) is 0 Å². The van der Waals surface area contributed by atoms with Gasteiger partial charge in [-0.05, 0) is 13.0 Å². The Balaban J connectivity index is 1.77. The number of benzene rings is 1. The van der Waals surface area contributed by atoms with E-state index < -0.39 is 0 Å². The Hall–Kier alpha value is -2.82. The van der Waals surface area contributed by atoms with E-state index in [0.717, 1.165) is 25.0 Å². The van der Waals surface area contributed by atoms with Gasteiger partial charge in [-0.25, -0.2) is 4.98 Å². The summed E-state index contributed by atoms with van der Waals surface area (Å²) in [5.41, 5.74) is 1.09. The lowest BCUT2D eigenvalue weighted by atomic mass is 10.0. The van der Waals surface area contributed by atoms with Gasteiger partial charge in [0.1, 0.15) is 17.3 Å². The van der Waals surface area contributed by atoms with E-state index in [4.69, 9.17) is 42.1 Å². The summed E-state index contributed by atoms with van der Waals surface area (Å²) in [7, 11) is 4.63. The van der Waals surface area contributed by atoms with Gasteiger partial charge in [0.2, 0.25) is 0 Å². The van der Waals surface area contributed by atoms with Gasteiger partial charge in [-0.2, -0.15) is 0 Å². The van der Waals surface area contributed by atoms with Crippen molar-refractivity contribution in [2.75, 3.05) is 59.5 Å². The normalized spacial score (nSPS) is 14.7. The van der Waals surface area contributed by atoms with E-state index in [0.29, 0.717) is 53.7 Å². The summed E-state index contributed by atoms with van der Waals surface area (Å²) in [6, 6.07) is 5.23. The van der Waals surface area contributed by atoms with Crippen LogP contribution in [0.15, 0.2) is 41.8 Å². The van der Waals surface area contributed by atoms with E-state index in [1.807, 2.05) is 19.1 Å². The van der Waals surface area contributed by atoms with Crippen LogP contribution >= 0.6 is 23.2 Å². The third kappa shape index (κ3) is 6.34. The molecule has 1 N–H and O–H groups in total. The third-order valence-electron chi connectivity index (χ3n) is 6.61. The maximum Gasteiger partial charge on any atom is 0.259 e. The first-order valence-electron chi connectivity index (χ1n) is 12.7. The average Bonchev–Trinajstić information content (AvgIpc) is 2.89. The second-order valence-corrected chi connectivity index (χ2v) is 10.2. The standard InChI is InChI=1S/C28H34Cl2N4O5/c1-6-7-33-14-19(15-33)39-9-8-34-21-11-24(32-17(2)16-36-3)31-13-18(21)10-20(28(34)35)25-26(29)22(37-4)12-23(38-5)27(25)30/h6,10-13,17,19H,1,7-9,14-16H2,2-5H3,(H,31,32)/t17-/m0/s1. The highest BCUT2D eigenvalue weighted by atomic mass is 35.5. The first kappa shape index (κ1) is 29.2. The average molecular weight is 578 g/mol. The summed E-state index contributed by atoms with van der Waals surface area (Å²) in [6.07, 6.45) is 3.72. The van der Waals surface area contributed by atoms with E-state index in [9.17, 15) is 4.79 Å². The van der Waals surface area contributed by atoms with Crippen molar-refractivity contribution in [3.05, 3.63) is 57.4 Å². The molecule has 3 aromatic rings. The molecule has 39 heavy (non-hydrogen) atoms. The molecule has 1 aliphatic heterocycles. The molecule has 1 atom stereocenters. The lowest BCUT2D eigenvalue weighted by Crippen LogP contribution is -2.52. The Kier molecular flexibility index (Phi) is 9.74. The van der Waals surface area contributed by atoms with Crippen LogP contribution in [0.2, 0.25) is 10.0 Å². The summed E-state index contributed by atoms with van der Waals surface area (Å²) < 4.78 is 23.8. The quantitative estimate of drug-likeness (QED) is 0.292. The highest BCUT2D eigenvalue weighted by Crippen LogP contribution is 2.45. The molecule has 0 saturated carbocycles. The van der Waals surface area contributed by atoms with Crippen molar-refractivity contribution in [3.63, 3.8) is 0 Å². The Labute approximate surface area is 238 Å². The molecule has 0 aliphatic carbocycles. The fourth-order valence-electron chi connectivity index (χ4n) is 4.69. The molecule has 1 fully saturated rings. The SMILES string of the molecule is C=CCN1CC(OCCn2c(=O)c(-c3c(Cl)c(OC)cc(OC)c3Cl)cc3cnc(N[C@@H](C)COC)cc32)C1. The Morgan fingerprint density at radius 1 is 1.15 bits per heavy atom. The zero-order valence-corrected chi connectivity index (χ0v) is 24.1. The molecule has 1 saturated heterocycles. The second-order valence-electron chi connectivity index (χ2n) is 9.43. The molecule has 0 radical (unpaired) electrons. The number of nitrogens with one attached hydrogen (secondary N) is 1. The van der Waals surface area contributed by atoms with Crippen LogP contribution in [0.4, 0.5) is 5.82 Å². The van der Waals surface area contributed by atoms with Gasteiger partial charge in [-0.1, -0.05) is 29.3 Å². The molecule has 0 unspecified atom stereocenters. The lowest BCUT2D eigenvalue weighted by molar-refractivity contribution is -0.0516. The summed E-state index contributed by atoms with van der Waals surface area (Å²) in [6.45, 7) is 9.49. The highest BCUT2D eigenvalue weighted by molar-refractivity contribution is 6.41. The van der Waals surface area contributed by atoms with Crippen LogP contribution in [0.1, 0.15) is 6.92 Å². The number of rotatable bonds is 13. The van der Waals surface area contributed by atoms with Gasteiger partial charge < -0.3 is 28.8 Å². The minimum Gasteiger partial charge on any atom is -0.495 e. The number of ether oxygens (including phenoxy) is 4. The topological polar surface area (TPSA) is 87.1 Å². The van der Waals surface area contributed by atoms with Crippen LogP contribution in [0.25, 0.3) is 22.0 Å². The Morgan fingerprint density at radius 3 is 2.46 bits per heavy atom. The van der Waals surface area contributed by atoms with Crippen molar-refractivity contribution >= 4 is 39.9 Å². The predicted octanol–water partition coefficient (Wildman–Crippen LogP) is 4.72. The Morgan fingerprint density at radius 2 is 1.85 bits per heavy atom. The zero-order valence-electron chi connectivity index (χ0n) is 22.6. The van der Waals surface area contributed by atoms with Gasteiger partial charge in [0.05, 0.1) is 54.7 Å². The van der Waals surface area contributed by atoms with Crippen molar-refractivity contribution in [1.29, 1.82) is 0 Å². The van der Waals surface area contributed by atoms with Crippen LogP contribution in [-0.4, -0.2) is 80.8 Å². The number of likely N-dealkylation sites (tertiary alicyclic amines) is 1. The lowest BCUT2D eigenvalue weighted by Gasteiger charge is -2.38. The molecular weight excluding hydrogens is 543 g/mol. The number of halogens is 2. The number of aromatic nitrogens is 2. The molecule has 0 amide bonds. The van der Waals surface area contributed by atoms with Crippen molar-refractivity contribution in [2.24, 2.45) is 0 Å². The van der Waals surface area contributed by atoms with Crippen molar-refractivity contribution in [2.45, 2.75) is 25.6 Å². The van der Waals surface area contributed by atoms with Crippen molar-refractivity contribution < 1.29 is 18.9 Å². The van der Waals surface area contributed by atoms with Crippen LogP contribution < -0.4 is 20.3 Å². The molecule has 2 aromatic heterocycles. The molecule has 1 aromatic carbocycles. The maximum atomic E-state index is 14.0. The number of hydrogen-bond acceptors (Lipinski definition) is 8. The van der Waals surface area contributed by atoms with Gasteiger partial charge >= 0.3 is 0 Å². The van der Waals surface area contributed by atoms with E-state index >= 15 is 0 Å². The van der Waals surface area contributed by atoms with Gasteiger partial charge in [-0.15, -0.1) is 6.58 Å². The molecule has 0 spiro atoms. The Bertz CT molecular complexity index is 1360. The minimum absolute atomic E-state index is 0.0294. The van der Waals surface area contributed by atoms with E-state index in [1.54, 1.807) is 30.0 Å². The van der Waals surface area contributed by atoms with Gasteiger partial charge in [0.15, 0.2) is 0 Å². The minimum atomic E-state index is -0.269. The number of nitrogens with zero attached hydrogens (tertiary/aromatic N) is 3. The van der Waals surface area contributed by atoms with Crippen molar-refractivity contribution in [1.82, 2.24) is 14.5 Å². The van der Waals surface area contributed by atoms with Gasteiger partial charge in [-0.3, -0.25) is 9.69 Å². The zero-order chi connectivity index (χ0) is 28.1. The predicted molar refractivity (Wildman–Crippen MR) is 156 cm³/mol. The molecule has 11 heteroatoms. The number of methoxy groups -OCH3 is 3. The molecule has 0 bridgehead atoms. The number of hydrogen-bond donors (Lipinski definition) is 1. The highest BCUT2D eigenvalue weighted by Gasteiger charge is 2.27. The molecule has 210 valence electrons. The van der Waals surface area contributed by atoms with E-state index in [-0.39, 0.29) is 27.8 Å². The van der Waals surface area contributed by atoms with Crippen LogP contribution in [0.3, 0.4) is 0 Å². The first-order chi connectivity index (χ1) is 18.8. The van der Waals surface area contributed by atoms with Crippen molar-refractivity contribution in [3.8, 4) is 22.6 Å². The van der Waals surface area contributed by atoms with Crippen LogP contribution in [0.5, 0.6) is 11.5 Å². The molecule has 1 aliphatic rings. The summed E-state index contributed by atoms with van der Waals surface area (Å²) in [4.78, 5) is 20.9. The van der Waals surface area contributed by atoms with E-state index in [1.165, 1.54) is 14.2 Å². The largest absolute Gasteiger partial charge is 0.495 e. The monoisotopic (exact) mass is 576 g/mol. The third-order valence-corrected chi connectivity index (χ3v) is 7.36. The smallest absolute Gasteiger partial charge is 0.259 e. The number of pyridine rings is 2. The van der Waals surface area contributed by atoms with Crippen LogP contribution in [-0.2, 0) is 16.0 Å². The molecular formula is C28H34Cl2N4O5. The van der Waals surface area contributed by atoms with Gasteiger partial charge in [0, 0.05) is 68.6 Å². The van der Waals surface area contributed by atoms with Gasteiger partial charge in [0.25, 0.3) is 5.56 Å². The molecule has 3 heterocycles. The molecule has 9 nitrogen and oxygen atoms in total. The fraction of sp³-hybridized carbons (Fsp3) is 0.429. The first-order valence-corrected chi connectivity index (χ1v) is 13.4.